The van der Waals surface area contributed by atoms with Gasteiger partial charge in [-0.25, -0.2) is 0 Å². The minimum absolute atomic E-state index is 0.104. The fourth-order valence-corrected chi connectivity index (χ4v) is 1.17. The van der Waals surface area contributed by atoms with Crippen molar-refractivity contribution in [3.63, 3.8) is 0 Å². The van der Waals surface area contributed by atoms with E-state index < -0.39 is 0 Å². The first kappa shape index (κ1) is 10.7. The Morgan fingerprint density at radius 2 is 2.38 bits per heavy atom. The lowest BCUT2D eigenvalue weighted by Gasteiger charge is -2.08. The van der Waals surface area contributed by atoms with Gasteiger partial charge in [0.05, 0.1) is 13.2 Å². The zero-order valence-electron chi connectivity index (χ0n) is 8.36. The summed E-state index contributed by atoms with van der Waals surface area (Å²) >= 11 is 0. The number of rotatable bonds is 5. The van der Waals surface area contributed by atoms with Crippen LogP contribution in [-0.2, 0) is 14.2 Å². The van der Waals surface area contributed by atoms with E-state index in [2.05, 4.69) is 6.92 Å². The first-order valence-corrected chi connectivity index (χ1v) is 4.84. The van der Waals surface area contributed by atoms with Gasteiger partial charge in [-0.05, 0) is 19.4 Å². The van der Waals surface area contributed by atoms with Crippen LogP contribution in [0.5, 0.6) is 0 Å². The topological polar surface area (TPSA) is 27.7 Å². The van der Waals surface area contributed by atoms with E-state index >= 15 is 0 Å². The molecule has 1 saturated heterocycles. The molecule has 13 heavy (non-hydrogen) atoms. The fraction of sp³-hybridized carbons (Fsp3) is 0.800. The number of hydrogen-bond acceptors (Lipinski definition) is 3. The van der Waals surface area contributed by atoms with Crippen molar-refractivity contribution >= 4 is 0 Å². The highest BCUT2D eigenvalue weighted by Crippen LogP contribution is 2.12. The molecule has 0 bridgehead atoms. The van der Waals surface area contributed by atoms with Crippen LogP contribution in [0.1, 0.15) is 20.3 Å². The van der Waals surface area contributed by atoms with Crippen molar-refractivity contribution in [3.05, 3.63) is 12.2 Å². The van der Waals surface area contributed by atoms with Gasteiger partial charge in [0, 0.05) is 6.61 Å². The zero-order chi connectivity index (χ0) is 9.52. The van der Waals surface area contributed by atoms with Crippen LogP contribution in [0.25, 0.3) is 0 Å². The van der Waals surface area contributed by atoms with E-state index in [0.717, 1.165) is 13.0 Å². The predicted octanol–water partition coefficient (Wildman–Crippen LogP) is 1.73. The molecule has 0 radical (unpaired) electrons. The second-order valence-corrected chi connectivity index (χ2v) is 3.06. The van der Waals surface area contributed by atoms with Gasteiger partial charge in [-0.1, -0.05) is 13.0 Å². The van der Waals surface area contributed by atoms with Crippen LogP contribution in [0.4, 0.5) is 0 Å². The van der Waals surface area contributed by atoms with Crippen LogP contribution >= 0.6 is 0 Å². The Labute approximate surface area is 79.7 Å². The molecule has 1 aliphatic rings. The summed E-state index contributed by atoms with van der Waals surface area (Å²) in [5.41, 5.74) is 0. The molecule has 0 aromatic carbocycles. The molecule has 2 unspecified atom stereocenters. The first-order valence-electron chi connectivity index (χ1n) is 4.84. The Bertz CT molecular complexity index is 156. The molecule has 1 rings (SSSR count). The Hall–Kier alpha value is -0.380. The molecule has 1 fully saturated rings. The summed E-state index contributed by atoms with van der Waals surface area (Å²) in [7, 11) is 0. The molecular formula is C10H18O3. The van der Waals surface area contributed by atoms with Gasteiger partial charge in [-0.2, -0.15) is 0 Å². The Kier molecular flexibility index (Phi) is 5.05. The third kappa shape index (κ3) is 3.89. The summed E-state index contributed by atoms with van der Waals surface area (Å²) in [5.74, 6) is 0. The van der Waals surface area contributed by atoms with Gasteiger partial charge in [-0.15, -0.1) is 0 Å². The Balaban J connectivity index is 2.10. The second-order valence-electron chi connectivity index (χ2n) is 3.06. The molecular weight excluding hydrogens is 168 g/mol. The van der Waals surface area contributed by atoms with Crippen molar-refractivity contribution in [2.75, 3.05) is 19.8 Å². The quantitative estimate of drug-likeness (QED) is 0.483. The normalized spacial score (nSPS) is 28.8. The fourth-order valence-electron chi connectivity index (χ4n) is 1.17. The van der Waals surface area contributed by atoms with Crippen LogP contribution in [0.3, 0.4) is 0 Å². The van der Waals surface area contributed by atoms with Crippen molar-refractivity contribution in [1.29, 1.82) is 0 Å². The van der Waals surface area contributed by atoms with E-state index in [-0.39, 0.29) is 12.4 Å². The van der Waals surface area contributed by atoms with E-state index in [9.17, 15) is 0 Å². The summed E-state index contributed by atoms with van der Waals surface area (Å²) < 4.78 is 16.2. The molecule has 0 saturated carbocycles. The average Bonchev–Trinajstić information content (AvgIpc) is 2.54. The molecule has 0 aromatic heterocycles. The second kappa shape index (κ2) is 6.13. The summed E-state index contributed by atoms with van der Waals surface area (Å²) in [6.45, 7) is 6.12. The number of ether oxygens (including phenoxy) is 3. The smallest absolute Gasteiger partial charge is 0.177 e. The maximum atomic E-state index is 5.51. The lowest BCUT2D eigenvalue weighted by atomic mass is 10.4. The van der Waals surface area contributed by atoms with E-state index in [1.807, 2.05) is 19.1 Å². The molecule has 1 aliphatic heterocycles. The molecule has 0 aliphatic carbocycles. The van der Waals surface area contributed by atoms with Crippen molar-refractivity contribution in [2.24, 2.45) is 0 Å². The maximum Gasteiger partial charge on any atom is 0.177 e. The van der Waals surface area contributed by atoms with Gasteiger partial charge in [0.2, 0.25) is 0 Å². The Morgan fingerprint density at radius 1 is 1.54 bits per heavy atom. The SMILES string of the molecule is C/C=C/C1OCC(COCCC)O1. The monoisotopic (exact) mass is 186 g/mol. The van der Waals surface area contributed by atoms with E-state index in [0.29, 0.717) is 13.2 Å². The van der Waals surface area contributed by atoms with Gasteiger partial charge >= 0.3 is 0 Å². The van der Waals surface area contributed by atoms with Crippen molar-refractivity contribution in [3.8, 4) is 0 Å². The summed E-state index contributed by atoms with van der Waals surface area (Å²) in [6, 6.07) is 0. The third-order valence-corrected chi connectivity index (χ3v) is 1.77. The molecule has 0 N–H and O–H groups in total. The van der Waals surface area contributed by atoms with Crippen molar-refractivity contribution in [2.45, 2.75) is 32.7 Å². The first-order chi connectivity index (χ1) is 6.36. The van der Waals surface area contributed by atoms with E-state index in [1.54, 1.807) is 0 Å². The van der Waals surface area contributed by atoms with Gasteiger partial charge in [0.15, 0.2) is 6.29 Å². The lowest BCUT2D eigenvalue weighted by Crippen LogP contribution is -2.18. The standard InChI is InChI=1S/C10H18O3/c1-3-5-10-12-8-9(13-10)7-11-6-4-2/h3,5,9-10H,4,6-8H2,1-2H3/b5-3+. The average molecular weight is 186 g/mol. The molecule has 0 aromatic rings. The summed E-state index contributed by atoms with van der Waals surface area (Å²) in [6.07, 6.45) is 4.82. The molecule has 0 amide bonds. The van der Waals surface area contributed by atoms with E-state index in [4.69, 9.17) is 14.2 Å². The van der Waals surface area contributed by atoms with Gasteiger partial charge < -0.3 is 14.2 Å². The van der Waals surface area contributed by atoms with Gasteiger partial charge in [0.25, 0.3) is 0 Å². The highest BCUT2D eigenvalue weighted by atomic mass is 16.7. The van der Waals surface area contributed by atoms with Crippen molar-refractivity contribution in [1.82, 2.24) is 0 Å². The van der Waals surface area contributed by atoms with Crippen molar-refractivity contribution < 1.29 is 14.2 Å². The minimum atomic E-state index is -0.166. The lowest BCUT2D eigenvalue weighted by molar-refractivity contribution is -0.0399. The van der Waals surface area contributed by atoms with Crippen LogP contribution in [-0.4, -0.2) is 32.2 Å². The van der Waals surface area contributed by atoms with Crippen LogP contribution in [0, 0.1) is 0 Å². The molecule has 3 heteroatoms. The van der Waals surface area contributed by atoms with Gasteiger partial charge in [-0.3, -0.25) is 0 Å². The highest BCUT2D eigenvalue weighted by Gasteiger charge is 2.23. The summed E-state index contributed by atoms with van der Waals surface area (Å²) in [5, 5.41) is 0. The molecule has 2 atom stereocenters. The number of hydrogen-bond donors (Lipinski definition) is 0. The number of allylic oxidation sites excluding steroid dienone is 1. The molecule has 0 spiro atoms. The Morgan fingerprint density at radius 3 is 3.08 bits per heavy atom. The van der Waals surface area contributed by atoms with Gasteiger partial charge in [0.1, 0.15) is 6.10 Å². The zero-order valence-corrected chi connectivity index (χ0v) is 8.36. The molecule has 1 heterocycles. The minimum Gasteiger partial charge on any atom is -0.379 e. The summed E-state index contributed by atoms with van der Waals surface area (Å²) in [4.78, 5) is 0. The van der Waals surface area contributed by atoms with E-state index in [1.165, 1.54) is 0 Å². The van der Waals surface area contributed by atoms with Crippen LogP contribution in [0.2, 0.25) is 0 Å². The predicted molar refractivity (Wildman–Crippen MR) is 50.5 cm³/mol. The highest BCUT2D eigenvalue weighted by molar-refractivity contribution is 4.84. The molecule has 3 nitrogen and oxygen atoms in total. The third-order valence-electron chi connectivity index (χ3n) is 1.77. The van der Waals surface area contributed by atoms with Crippen LogP contribution < -0.4 is 0 Å². The van der Waals surface area contributed by atoms with Crippen LogP contribution in [0.15, 0.2) is 12.2 Å². The maximum absolute atomic E-state index is 5.51. The molecule has 76 valence electrons. The largest absolute Gasteiger partial charge is 0.379 e.